The summed E-state index contributed by atoms with van der Waals surface area (Å²) in [6.07, 6.45) is 1.63. The van der Waals surface area contributed by atoms with Crippen LogP contribution in [0.3, 0.4) is 0 Å². The predicted octanol–water partition coefficient (Wildman–Crippen LogP) is 2.41. The number of benzene rings is 2. The molecular weight excluding hydrogens is 466 g/mol. The molecule has 2 aromatic carbocycles. The minimum atomic E-state index is -3.59. The van der Waals surface area contributed by atoms with Crippen LogP contribution in [0, 0.1) is 0 Å². The molecular formula is C22H23N3O6S2. The van der Waals surface area contributed by atoms with Gasteiger partial charge in [0.1, 0.15) is 5.75 Å². The summed E-state index contributed by atoms with van der Waals surface area (Å²) in [4.78, 5) is 38.6. The highest BCUT2D eigenvalue weighted by molar-refractivity contribution is 8.18. The van der Waals surface area contributed by atoms with Crippen molar-refractivity contribution in [3.8, 4) is 5.75 Å². The third-order valence-electron chi connectivity index (χ3n) is 4.80. The molecule has 1 N–H and O–H groups in total. The van der Waals surface area contributed by atoms with Crippen molar-refractivity contribution in [2.75, 3.05) is 34.3 Å². The lowest BCUT2D eigenvalue weighted by Gasteiger charge is -2.13. The molecule has 11 heteroatoms. The fourth-order valence-corrected chi connectivity index (χ4v) is 4.68. The lowest BCUT2D eigenvalue weighted by Crippen LogP contribution is -2.37. The summed E-state index contributed by atoms with van der Waals surface area (Å²) in [5, 5.41) is 2.23. The minimum Gasteiger partial charge on any atom is -0.497 e. The van der Waals surface area contributed by atoms with Crippen molar-refractivity contribution in [3.63, 3.8) is 0 Å². The maximum atomic E-state index is 12.6. The van der Waals surface area contributed by atoms with E-state index in [2.05, 4.69) is 5.32 Å². The molecule has 9 nitrogen and oxygen atoms in total. The normalized spacial score (nSPS) is 15.4. The van der Waals surface area contributed by atoms with Gasteiger partial charge in [-0.2, -0.15) is 0 Å². The van der Waals surface area contributed by atoms with Gasteiger partial charge in [-0.25, -0.2) is 12.7 Å². The maximum absolute atomic E-state index is 12.6. The van der Waals surface area contributed by atoms with E-state index in [9.17, 15) is 22.8 Å². The first kappa shape index (κ1) is 24.5. The lowest BCUT2D eigenvalue weighted by molar-refractivity contribution is -0.122. The van der Waals surface area contributed by atoms with Crippen molar-refractivity contribution in [1.29, 1.82) is 0 Å². The molecule has 1 saturated heterocycles. The molecule has 1 aliphatic heterocycles. The Hall–Kier alpha value is -3.15. The molecule has 0 atom stereocenters. The van der Waals surface area contributed by atoms with Crippen LogP contribution in [0.1, 0.15) is 15.9 Å². The Bertz CT molecular complexity index is 1190. The van der Waals surface area contributed by atoms with Crippen LogP contribution in [0.5, 0.6) is 5.75 Å². The van der Waals surface area contributed by atoms with E-state index in [4.69, 9.17) is 4.74 Å². The number of imide groups is 1. The number of ether oxygens (including phenoxy) is 1. The summed E-state index contributed by atoms with van der Waals surface area (Å²) in [6, 6.07) is 12.6. The van der Waals surface area contributed by atoms with Gasteiger partial charge in [0.2, 0.25) is 10.0 Å². The fourth-order valence-electron chi connectivity index (χ4n) is 2.92. The molecule has 1 aliphatic rings. The van der Waals surface area contributed by atoms with Gasteiger partial charge in [0, 0.05) is 32.7 Å². The highest BCUT2D eigenvalue weighted by Gasteiger charge is 2.34. The Labute approximate surface area is 196 Å². The largest absolute Gasteiger partial charge is 0.497 e. The van der Waals surface area contributed by atoms with Crippen LogP contribution >= 0.6 is 11.8 Å². The smallest absolute Gasteiger partial charge is 0.293 e. The second-order valence-corrected chi connectivity index (χ2v) is 10.3. The zero-order valence-corrected chi connectivity index (χ0v) is 19.9. The van der Waals surface area contributed by atoms with Gasteiger partial charge in [-0.1, -0.05) is 12.1 Å². The van der Waals surface area contributed by atoms with Gasteiger partial charge < -0.3 is 10.1 Å². The summed E-state index contributed by atoms with van der Waals surface area (Å²) >= 11 is 0.842. The molecule has 174 valence electrons. The van der Waals surface area contributed by atoms with Crippen LogP contribution in [0.2, 0.25) is 0 Å². The van der Waals surface area contributed by atoms with E-state index >= 15 is 0 Å². The summed E-state index contributed by atoms with van der Waals surface area (Å²) in [6.45, 7) is 0.0773. The van der Waals surface area contributed by atoms with Crippen LogP contribution in [-0.4, -0.2) is 69.0 Å². The lowest BCUT2D eigenvalue weighted by atomic mass is 10.2. The van der Waals surface area contributed by atoms with Crippen molar-refractivity contribution in [2.45, 2.75) is 4.90 Å². The average molecular weight is 490 g/mol. The molecule has 0 aromatic heterocycles. The molecule has 0 aliphatic carbocycles. The van der Waals surface area contributed by atoms with Crippen LogP contribution in [-0.2, 0) is 14.8 Å². The molecule has 3 rings (SSSR count). The van der Waals surface area contributed by atoms with Crippen molar-refractivity contribution >= 4 is 44.9 Å². The zero-order valence-electron chi connectivity index (χ0n) is 18.3. The maximum Gasteiger partial charge on any atom is 0.293 e. The molecule has 1 fully saturated rings. The molecule has 1 heterocycles. The van der Waals surface area contributed by atoms with Crippen molar-refractivity contribution < 1.29 is 27.5 Å². The summed E-state index contributed by atoms with van der Waals surface area (Å²) < 4.78 is 30.4. The number of thioether (sulfide) groups is 1. The number of nitrogens with zero attached hydrogens (tertiary/aromatic N) is 2. The molecule has 0 bridgehead atoms. The third kappa shape index (κ3) is 5.62. The molecule has 2 aromatic rings. The number of rotatable bonds is 8. The third-order valence-corrected chi connectivity index (χ3v) is 7.54. The van der Waals surface area contributed by atoms with E-state index < -0.39 is 27.1 Å². The van der Waals surface area contributed by atoms with Crippen molar-refractivity contribution in [1.82, 2.24) is 14.5 Å². The first-order valence-corrected chi connectivity index (χ1v) is 12.1. The van der Waals surface area contributed by atoms with Crippen LogP contribution < -0.4 is 10.1 Å². The highest BCUT2D eigenvalue weighted by Crippen LogP contribution is 2.32. The second-order valence-electron chi connectivity index (χ2n) is 7.17. The quantitative estimate of drug-likeness (QED) is 0.567. The topological polar surface area (TPSA) is 113 Å². The van der Waals surface area contributed by atoms with Gasteiger partial charge in [0.15, 0.2) is 0 Å². The molecule has 33 heavy (non-hydrogen) atoms. The Morgan fingerprint density at radius 3 is 2.30 bits per heavy atom. The van der Waals surface area contributed by atoms with E-state index in [0.717, 1.165) is 26.5 Å². The van der Waals surface area contributed by atoms with E-state index in [0.29, 0.717) is 10.7 Å². The molecule has 0 unspecified atom stereocenters. The number of methoxy groups -OCH3 is 1. The first-order chi connectivity index (χ1) is 15.6. The number of hydrogen-bond donors (Lipinski definition) is 1. The number of sulfonamides is 1. The predicted molar refractivity (Wildman–Crippen MR) is 125 cm³/mol. The molecule has 0 saturated carbocycles. The number of hydrogen-bond acceptors (Lipinski definition) is 7. The summed E-state index contributed by atoms with van der Waals surface area (Å²) in [7, 11) is 0.821. The zero-order chi connectivity index (χ0) is 24.2. The monoisotopic (exact) mass is 489 g/mol. The molecule has 0 spiro atoms. The number of carbonyl (C=O) groups is 3. The van der Waals surface area contributed by atoms with Gasteiger partial charge in [-0.15, -0.1) is 0 Å². The van der Waals surface area contributed by atoms with E-state index in [-0.39, 0.29) is 23.5 Å². The fraction of sp³-hybridized carbons (Fsp3) is 0.227. The standard InChI is InChI=1S/C22H23N3O6S2/c1-24(2)33(29,30)18-10-6-16(7-11-18)20(26)23-12-13-25-21(27)19(32-22(25)28)14-15-4-8-17(31-3)9-5-15/h4-11,14H,12-13H2,1-3H3,(H,23,26)/b19-14+. The summed E-state index contributed by atoms with van der Waals surface area (Å²) in [5.74, 6) is -0.178. The van der Waals surface area contributed by atoms with Gasteiger partial charge in [0.25, 0.3) is 17.1 Å². The second kappa shape index (κ2) is 10.2. The Kier molecular flexibility index (Phi) is 7.57. The molecule has 3 amide bonds. The number of amides is 3. The Morgan fingerprint density at radius 1 is 1.09 bits per heavy atom. The Morgan fingerprint density at radius 2 is 1.73 bits per heavy atom. The van der Waals surface area contributed by atoms with Gasteiger partial charge in [-0.3, -0.25) is 19.3 Å². The Balaban J connectivity index is 1.57. The number of carbonyl (C=O) groups excluding carboxylic acids is 3. The van der Waals surface area contributed by atoms with Gasteiger partial charge >= 0.3 is 0 Å². The SMILES string of the molecule is COc1ccc(/C=C2/SC(=O)N(CCNC(=O)c3ccc(S(=O)(=O)N(C)C)cc3)C2=O)cc1. The number of nitrogens with one attached hydrogen (secondary N) is 1. The first-order valence-electron chi connectivity index (χ1n) is 9.83. The molecule has 0 radical (unpaired) electrons. The van der Waals surface area contributed by atoms with Crippen molar-refractivity contribution in [3.05, 3.63) is 64.6 Å². The van der Waals surface area contributed by atoms with Gasteiger partial charge in [0.05, 0.1) is 16.9 Å². The van der Waals surface area contributed by atoms with E-state index in [1.165, 1.54) is 38.4 Å². The summed E-state index contributed by atoms with van der Waals surface area (Å²) in [5.41, 5.74) is 1.02. The van der Waals surface area contributed by atoms with E-state index in [1.54, 1.807) is 37.5 Å². The van der Waals surface area contributed by atoms with Crippen LogP contribution in [0.4, 0.5) is 4.79 Å². The van der Waals surface area contributed by atoms with Crippen LogP contribution in [0.25, 0.3) is 6.08 Å². The van der Waals surface area contributed by atoms with Gasteiger partial charge in [-0.05, 0) is 59.8 Å². The van der Waals surface area contributed by atoms with Crippen LogP contribution in [0.15, 0.2) is 58.3 Å². The average Bonchev–Trinajstić information content (AvgIpc) is 3.06. The van der Waals surface area contributed by atoms with E-state index in [1.807, 2.05) is 0 Å². The van der Waals surface area contributed by atoms with Crippen molar-refractivity contribution in [2.24, 2.45) is 0 Å². The highest BCUT2D eigenvalue weighted by atomic mass is 32.2. The minimum absolute atomic E-state index is 0.0173.